The number of hydrogen-bond donors (Lipinski definition) is 1. The second-order valence-corrected chi connectivity index (χ2v) is 4.19. The van der Waals surface area contributed by atoms with Crippen LogP contribution in [0.25, 0.3) is 0 Å². The van der Waals surface area contributed by atoms with Gasteiger partial charge < -0.3 is 14.6 Å². The Morgan fingerprint density at radius 1 is 1.00 bits per heavy atom. The fourth-order valence-electron chi connectivity index (χ4n) is 1.25. The molecule has 0 amide bonds. The van der Waals surface area contributed by atoms with Gasteiger partial charge in [0.1, 0.15) is 13.2 Å². The molecule has 0 spiro atoms. The van der Waals surface area contributed by atoms with E-state index >= 15 is 0 Å². The highest BCUT2D eigenvalue weighted by atomic mass is 16.7. The maximum absolute atomic E-state index is 10.6. The Kier molecular flexibility index (Phi) is 12.9. The molecule has 0 fully saturated rings. The number of carbonyl (C=O) groups is 1. The van der Waals surface area contributed by atoms with E-state index in [0.717, 1.165) is 25.7 Å². The van der Waals surface area contributed by atoms with Gasteiger partial charge in [-0.15, -0.1) is 11.8 Å². The molecule has 0 rings (SSSR count). The molecule has 4 nitrogen and oxygen atoms in total. The minimum Gasteiger partial charge on any atom is -0.481 e. The van der Waals surface area contributed by atoms with Gasteiger partial charge in [0.15, 0.2) is 6.29 Å². The molecule has 0 bridgehead atoms. The Bertz CT molecular complexity index is 339. The fourth-order valence-corrected chi connectivity index (χ4v) is 1.25. The van der Waals surface area contributed by atoms with E-state index < -0.39 is 12.3 Å². The SMILES string of the molecule is CCCC#CCOC(CCC(=O)O)OCC#CCCC. The van der Waals surface area contributed by atoms with Crippen molar-refractivity contribution in [1.82, 2.24) is 0 Å². The molecule has 112 valence electrons. The normalized spacial score (nSPS) is 9.55. The van der Waals surface area contributed by atoms with Crippen molar-refractivity contribution < 1.29 is 19.4 Å². The van der Waals surface area contributed by atoms with Crippen LogP contribution in [0.15, 0.2) is 0 Å². The highest BCUT2D eigenvalue weighted by Gasteiger charge is 2.10. The Morgan fingerprint density at radius 3 is 1.90 bits per heavy atom. The van der Waals surface area contributed by atoms with Gasteiger partial charge in [-0.05, 0) is 12.8 Å². The van der Waals surface area contributed by atoms with Gasteiger partial charge >= 0.3 is 5.97 Å². The smallest absolute Gasteiger partial charge is 0.303 e. The summed E-state index contributed by atoms with van der Waals surface area (Å²) in [5, 5.41) is 8.68. The van der Waals surface area contributed by atoms with Crippen LogP contribution in [-0.4, -0.2) is 30.6 Å². The molecule has 0 heterocycles. The molecule has 0 aliphatic carbocycles. The van der Waals surface area contributed by atoms with E-state index in [2.05, 4.69) is 37.5 Å². The maximum atomic E-state index is 10.6. The quantitative estimate of drug-likeness (QED) is 0.521. The van der Waals surface area contributed by atoms with Gasteiger partial charge in [-0.25, -0.2) is 0 Å². The Labute approximate surface area is 121 Å². The van der Waals surface area contributed by atoms with E-state index in [1.165, 1.54) is 0 Å². The van der Waals surface area contributed by atoms with Crippen molar-refractivity contribution in [2.45, 2.75) is 58.7 Å². The lowest BCUT2D eigenvalue weighted by atomic mass is 10.3. The Balaban J connectivity index is 4.04. The van der Waals surface area contributed by atoms with Crippen LogP contribution in [0.5, 0.6) is 0 Å². The van der Waals surface area contributed by atoms with E-state index in [0.29, 0.717) is 6.42 Å². The standard InChI is InChI=1S/C16H24O4/c1-3-5-7-9-13-19-16(12-11-15(17)18)20-14-10-8-6-4-2/h16H,3-6,11-14H2,1-2H3,(H,17,18). The van der Waals surface area contributed by atoms with Crippen molar-refractivity contribution in [3.8, 4) is 23.7 Å². The van der Waals surface area contributed by atoms with Crippen LogP contribution >= 0.6 is 0 Å². The highest BCUT2D eigenvalue weighted by molar-refractivity contribution is 5.66. The molecule has 0 aliphatic rings. The molecule has 0 radical (unpaired) electrons. The number of carboxylic acid groups (broad SMARTS) is 1. The molecule has 0 saturated carbocycles. The van der Waals surface area contributed by atoms with Crippen molar-refractivity contribution >= 4 is 5.97 Å². The zero-order valence-electron chi connectivity index (χ0n) is 12.4. The monoisotopic (exact) mass is 280 g/mol. The largest absolute Gasteiger partial charge is 0.481 e. The van der Waals surface area contributed by atoms with Crippen molar-refractivity contribution in [3.05, 3.63) is 0 Å². The molecule has 0 atom stereocenters. The van der Waals surface area contributed by atoms with Crippen LogP contribution in [0.1, 0.15) is 52.4 Å². The fraction of sp³-hybridized carbons (Fsp3) is 0.688. The van der Waals surface area contributed by atoms with Crippen molar-refractivity contribution in [3.63, 3.8) is 0 Å². The average Bonchev–Trinajstić information content (AvgIpc) is 2.43. The average molecular weight is 280 g/mol. The van der Waals surface area contributed by atoms with E-state index in [1.54, 1.807) is 0 Å². The van der Waals surface area contributed by atoms with Gasteiger partial charge in [-0.3, -0.25) is 4.79 Å². The highest BCUT2D eigenvalue weighted by Crippen LogP contribution is 2.04. The lowest BCUT2D eigenvalue weighted by Crippen LogP contribution is -2.19. The molecular formula is C16H24O4. The third-order valence-corrected chi connectivity index (χ3v) is 2.28. The molecule has 0 unspecified atom stereocenters. The zero-order chi connectivity index (χ0) is 15.1. The van der Waals surface area contributed by atoms with Crippen LogP contribution < -0.4 is 0 Å². The van der Waals surface area contributed by atoms with Gasteiger partial charge in [-0.2, -0.15) is 0 Å². The molecule has 1 N–H and O–H groups in total. The summed E-state index contributed by atoms with van der Waals surface area (Å²) < 4.78 is 10.8. The first-order valence-electron chi connectivity index (χ1n) is 7.07. The van der Waals surface area contributed by atoms with Gasteiger partial charge in [0.25, 0.3) is 0 Å². The van der Waals surface area contributed by atoms with Crippen LogP contribution in [0.3, 0.4) is 0 Å². The van der Waals surface area contributed by atoms with Gasteiger partial charge in [0.2, 0.25) is 0 Å². The molecule has 0 saturated heterocycles. The molecule has 20 heavy (non-hydrogen) atoms. The van der Waals surface area contributed by atoms with E-state index in [1.807, 2.05) is 0 Å². The number of hydrogen-bond acceptors (Lipinski definition) is 3. The van der Waals surface area contributed by atoms with E-state index in [4.69, 9.17) is 14.6 Å². The zero-order valence-corrected chi connectivity index (χ0v) is 12.4. The Morgan fingerprint density at radius 2 is 1.50 bits per heavy atom. The number of rotatable bonds is 9. The third kappa shape index (κ3) is 13.0. The van der Waals surface area contributed by atoms with E-state index in [9.17, 15) is 4.79 Å². The minimum absolute atomic E-state index is 0.00937. The first-order valence-corrected chi connectivity index (χ1v) is 7.07. The van der Waals surface area contributed by atoms with Crippen molar-refractivity contribution in [1.29, 1.82) is 0 Å². The van der Waals surface area contributed by atoms with Gasteiger partial charge in [0, 0.05) is 19.3 Å². The molecule has 4 heteroatoms. The lowest BCUT2D eigenvalue weighted by molar-refractivity contribution is -0.147. The number of ether oxygens (including phenoxy) is 2. The number of aliphatic carboxylic acids is 1. The lowest BCUT2D eigenvalue weighted by Gasteiger charge is -2.14. The van der Waals surface area contributed by atoms with Gasteiger partial charge in [-0.1, -0.05) is 25.7 Å². The predicted molar refractivity (Wildman–Crippen MR) is 77.9 cm³/mol. The van der Waals surface area contributed by atoms with Gasteiger partial charge in [0.05, 0.1) is 6.42 Å². The van der Waals surface area contributed by atoms with Crippen molar-refractivity contribution in [2.24, 2.45) is 0 Å². The second-order valence-electron chi connectivity index (χ2n) is 4.19. The molecule has 0 aromatic heterocycles. The summed E-state index contributed by atoms with van der Waals surface area (Å²) in [6.07, 6.45) is 3.46. The summed E-state index contributed by atoms with van der Waals surface area (Å²) in [5.74, 6) is 10.8. The molecule has 0 aliphatic heterocycles. The molecular weight excluding hydrogens is 256 g/mol. The number of unbranched alkanes of at least 4 members (excludes halogenated alkanes) is 2. The van der Waals surface area contributed by atoms with Crippen LogP contribution in [0.4, 0.5) is 0 Å². The predicted octanol–water partition coefficient (Wildman–Crippen LogP) is 2.82. The van der Waals surface area contributed by atoms with Crippen LogP contribution in [0.2, 0.25) is 0 Å². The molecule has 0 aromatic carbocycles. The third-order valence-electron chi connectivity index (χ3n) is 2.28. The summed E-state index contributed by atoms with van der Waals surface area (Å²) in [6, 6.07) is 0. The first-order chi connectivity index (χ1) is 9.70. The number of carboxylic acids is 1. The summed E-state index contributed by atoms with van der Waals surface area (Å²) in [7, 11) is 0. The minimum atomic E-state index is -0.865. The molecule has 0 aromatic rings. The Hall–Kier alpha value is -1.49. The summed E-state index contributed by atoms with van der Waals surface area (Å²) in [5.41, 5.74) is 0. The summed E-state index contributed by atoms with van der Waals surface area (Å²) >= 11 is 0. The summed E-state index contributed by atoms with van der Waals surface area (Å²) in [6.45, 7) is 4.63. The van der Waals surface area contributed by atoms with Crippen LogP contribution in [-0.2, 0) is 14.3 Å². The first kappa shape index (κ1) is 18.5. The second kappa shape index (κ2) is 13.9. The van der Waals surface area contributed by atoms with Crippen molar-refractivity contribution in [2.75, 3.05) is 13.2 Å². The van der Waals surface area contributed by atoms with Crippen LogP contribution in [0, 0.1) is 23.7 Å². The topological polar surface area (TPSA) is 55.8 Å². The summed E-state index contributed by atoms with van der Waals surface area (Å²) in [4.78, 5) is 10.6. The van der Waals surface area contributed by atoms with E-state index in [-0.39, 0.29) is 19.6 Å². The maximum Gasteiger partial charge on any atom is 0.303 e.